The van der Waals surface area contributed by atoms with Gasteiger partial charge in [-0.15, -0.1) is 0 Å². The molecule has 33 heavy (non-hydrogen) atoms. The Kier molecular flexibility index (Phi) is 6.89. The number of nitrogens with one attached hydrogen (secondary N) is 2. The monoisotopic (exact) mass is 505 g/mol. The topological polar surface area (TPSA) is 78.5 Å². The summed E-state index contributed by atoms with van der Waals surface area (Å²) in [4.78, 5) is 39.9. The van der Waals surface area contributed by atoms with Crippen LogP contribution in [0.4, 0.5) is 11.4 Å². The molecule has 1 heterocycles. The van der Waals surface area contributed by atoms with Gasteiger partial charge >= 0.3 is 0 Å². The van der Waals surface area contributed by atoms with E-state index in [-0.39, 0.29) is 24.1 Å². The maximum absolute atomic E-state index is 13.0. The first-order chi connectivity index (χ1) is 15.9. The molecule has 0 bridgehead atoms. The fraction of sp³-hybridized carbons (Fsp3) is 0.192. The number of nitrogens with zero attached hydrogens (tertiary/aromatic N) is 1. The van der Waals surface area contributed by atoms with Gasteiger partial charge in [0.15, 0.2) is 0 Å². The molecule has 3 aromatic rings. The molecule has 0 saturated carbocycles. The molecule has 2 N–H and O–H groups in total. The molecule has 1 aliphatic heterocycles. The lowest BCUT2D eigenvalue weighted by atomic mass is 10.1. The predicted molar refractivity (Wildman–Crippen MR) is 132 cm³/mol. The van der Waals surface area contributed by atoms with Gasteiger partial charge in [-0.25, -0.2) is 0 Å². The summed E-state index contributed by atoms with van der Waals surface area (Å²) in [7, 11) is 0. The van der Waals surface area contributed by atoms with Crippen LogP contribution in [0.3, 0.4) is 0 Å². The second kappa shape index (κ2) is 10.0. The number of para-hydroxylation sites is 1. The van der Waals surface area contributed by atoms with Crippen molar-refractivity contribution < 1.29 is 14.4 Å². The largest absolute Gasteiger partial charge is 0.348 e. The van der Waals surface area contributed by atoms with Gasteiger partial charge in [-0.05, 0) is 54.4 Å². The van der Waals surface area contributed by atoms with Gasteiger partial charge in [-0.3, -0.25) is 14.4 Å². The predicted octanol–water partition coefficient (Wildman–Crippen LogP) is 4.68. The first-order valence-corrected chi connectivity index (χ1v) is 11.5. The van der Waals surface area contributed by atoms with Crippen LogP contribution in [0.1, 0.15) is 27.9 Å². The third-order valence-corrected chi connectivity index (χ3v) is 6.29. The highest BCUT2D eigenvalue weighted by Gasteiger charge is 2.35. The molecule has 0 radical (unpaired) electrons. The van der Waals surface area contributed by atoms with Gasteiger partial charge in [-0.1, -0.05) is 52.3 Å². The van der Waals surface area contributed by atoms with Gasteiger partial charge in [0, 0.05) is 29.7 Å². The van der Waals surface area contributed by atoms with Crippen molar-refractivity contribution in [2.75, 3.05) is 16.8 Å². The minimum atomic E-state index is -0.496. The van der Waals surface area contributed by atoms with E-state index in [2.05, 4.69) is 26.6 Å². The lowest BCUT2D eigenvalue weighted by Crippen LogP contribution is -2.29. The van der Waals surface area contributed by atoms with Crippen molar-refractivity contribution in [2.24, 2.45) is 5.92 Å². The molecule has 7 heteroatoms. The summed E-state index contributed by atoms with van der Waals surface area (Å²) < 4.78 is 0.921. The Bertz CT molecular complexity index is 1190. The van der Waals surface area contributed by atoms with Crippen LogP contribution in [0.2, 0.25) is 0 Å². The average Bonchev–Trinajstić information content (AvgIpc) is 3.21. The van der Waals surface area contributed by atoms with Gasteiger partial charge < -0.3 is 15.5 Å². The Morgan fingerprint density at radius 1 is 1.00 bits per heavy atom. The fourth-order valence-electron chi connectivity index (χ4n) is 3.86. The minimum Gasteiger partial charge on any atom is -0.348 e. The Morgan fingerprint density at radius 3 is 2.45 bits per heavy atom. The van der Waals surface area contributed by atoms with E-state index in [1.807, 2.05) is 55.5 Å². The number of hydrogen-bond donors (Lipinski definition) is 2. The third-order valence-electron chi connectivity index (χ3n) is 5.76. The number of aryl methyl sites for hydroxylation is 1. The Morgan fingerprint density at radius 2 is 1.70 bits per heavy atom. The molecule has 3 amide bonds. The molecule has 6 nitrogen and oxygen atoms in total. The summed E-state index contributed by atoms with van der Waals surface area (Å²) >= 11 is 3.39. The summed E-state index contributed by atoms with van der Waals surface area (Å²) in [6.07, 6.45) is 0.129. The van der Waals surface area contributed by atoms with Crippen molar-refractivity contribution in [1.82, 2.24) is 5.32 Å². The maximum Gasteiger partial charge on any atom is 0.253 e. The molecule has 0 spiro atoms. The SMILES string of the molecule is Cc1ccccc1CNC(=O)c1ccccc1NC(=O)[C@H]1CC(=O)N(c2ccc(Br)cc2)C1. The Labute approximate surface area is 201 Å². The average molecular weight is 506 g/mol. The van der Waals surface area contributed by atoms with Crippen LogP contribution >= 0.6 is 15.9 Å². The molecule has 168 valence electrons. The van der Waals surface area contributed by atoms with Crippen molar-refractivity contribution >= 4 is 45.0 Å². The number of hydrogen-bond acceptors (Lipinski definition) is 3. The molecule has 0 aromatic heterocycles. The lowest BCUT2D eigenvalue weighted by molar-refractivity contribution is -0.122. The zero-order valence-corrected chi connectivity index (χ0v) is 19.8. The van der Waals surface area contributed by atoms with Crippen molar-refractivity contribution in [3.05, 3.63) is 94.0 Å². The molecule has 3 aromatic carbocycles. The van der Waals surface area contributed by atoms with Crippen molar-refractivity contribution in [3.8, 4) is 0 Å². The molecule has 0 aliphatic carbocycles. The van der Waals surface area contributed by atoms with Crippen LogP contribution in [0, 0.1) is 12.8 Å². The van der Waals surface area contributed by atoms with Gasteiger partial charge in [-0.2, -0.15) is 0 Å². The summed E-state index contributed by atoms with van der Waals surface area (Å²) in [5, 5.41) is 5.78. The highest BCUT2D eigenvalue weighted by Crippen LogP contribution is 2.27. The molecule has 4 rings (SSSR count). The smallest absolute Gasteiger partial charge is 0.253 e. The van der Waals surface area contributed by atoms with E-state index in [9.17, 15) is 14.4 Å². The van der Waals surface area contributed by atoms with Crippen LogP contribution in [-0.4, -0.2) is 24.3 Å². The first-order valence-electron chi connectivity index (χ1n) is 10.7. The maximum atomic E-state index is 13.0. The summed E-state index contributed by atoms with van der Waals surface area (Å²) in [6.45, 7) is 2.69. The van der Waals surface area contributed by atoms with Gasteiger partial charge in [0.1, 0.15) is 0 Å². The number of anilines is 2. The van der Waals surface area contributed by atoms with Crippen LogP contribution in [0.25, 0.3) is 0 Å². The van der Waals surface area contributed by atoms with Crippen LogP contribution < -0.4 is 15.5 Å². The first kappa shape index (κ1) is 22.7. The van der Waals surface area contributed by atoms with E-state index < -0.39 is 5.92 Å². The normalized spacial score (nSPS) is 15.4. The second-order valence-corrected chi connectivity index (χ2v) is 8.94. The third kappa shape index (κ3) is 5.31. The summed E-state index contributed by atoms with van der Waals surface area (Å²) in [5.74, 6) is -1.14. The zero-order valence-electron chi connectivity index (χ0n) is 18.2. The van der Waals surface area contributed by atoms with E-state index in [1.54, 1.807) is 29.2 Å². The number of halogens is 1. The van der Waals surface area contributed by atoms with Crippen LogP contribution in [-0.2, 0) is 16.1 Å². The molecule has 0 unspecified atom stereocenters. The molecular formula is C26H24BrN3O3. The fourth-order valence-corrected chi connectivity index (χ4v) is 4.12. The van der Waals surface area contributed by atoms with Crippen molar-refractivity contribution in [2.45, 2.75) is 19.9 Å². The lowest BCUT2D eigenvalue weighted by Gasteiger charge is -2.17. The van der Waals surface area contributed by atoms with Gasteiger partial charge in [0.05, 0.1) is 17.2 Å². The van der Waals surface area contributed by atoms with E-state index in [4.69, 9.17) is 0 Å². The minimum absolute atomic E-state index is 0.0956. The van der Waals surface area contributed by atoms with Gasteiger partial charge in [0.25, 0.3) is 5.91 Å². The number of rotatable bonds is 6. The zero-order chi connectivity index (χ0) is 23.4. The van der Waals surface area contributed by atoms with E-state index >= 15 is 0 Å². The molecule has 1 aliphatic rings. The highest BCUT2D eigenvalue weighted by molar-refractivity contribution is 9.10. The molecule has 1 fully saturated rings. The standard InChI is InChI=1S/C26H24BrN3O3/c1-17-6-2-3-7-18(17)15-28-26(33)22-8-4-5-9-23(22)29-25(32)19-14-24(31)30(16-19)21-12-10-20(27)11-13-21/h2-13,19H,14-16H2,1H3,(H,28,33)(H,29,32)/t19-/m0/s1. The quantitative estimate of drug-likeness (QED) is 0.510. The summed E-state index contributed by atoms with van der Waals surface area (Å²) in [5.41, 5.74) is 3.70. The van der Waals surface area contributed by atoms with Gasteiger partial charge in [0.2, 0.25) is 11.8 Å². The van der Waals surface area contributed by atoms with E-state index in [0.29, 0.717) is 24.3 Å². The Hall–Kier alpha value is -3.45. The number of amides is 3. The number of benzene rings is 3. The van der Waals surface area contributed by atoms with E-state index in [1.165, 1.54) is 0 Å². The van der Waals surface area contributed by atoms with Crippen molar-refractivity contribution in [3.63, 3.8) is 0 Å². The van der Waals surface area contributed by atoms with Crippen LogP contribution in [0.5, 0.6) is 0 Å². The van der Waals surface area contributed by atoms with E-state index in [0.717, 1.165) is 21.3 Å². The highest BCUT2D eigenvalue weighted by atomic mass is 79.9. The molecule has 1 saturated heterocycles. The second-order valence-electron chi connectivity index (χ2n) is 8.03. The number of carbonyl (C=O) groups excluding carboxylic acids is 3. The summed E-state index contributed by atoms with van der Waals surface area (Å²) in [6, 6.07) is 22.2. The molecular weight excluding hydrogens is 482 g/mol. The van der Waals surface area contributed by atoms with Crippen molar-refractivity contribution in [1.29, 1.82) is 0 Å². The molecule has 1 atom stereocenters. The number of carbonyl (C=O) groups is 3. The Balaban J connectivity index is 1.42. The van der Waals surface area contributed by atoms with Crippen LogP contribution in [0.15, 0.2) is 77.3 Å².